The molecule has 2 fully saturated rings. The molecule has 1 amide bonds. The molecule has 4 heteroatoms. The van der Waals surface area contributed by atoms with Crippen molar-refractivity contribution in [1.29, 1.82) is 0 Å². The summed E-state index contributed by atoms with van der Waals surface area (Å²) in [7, 11) is 0. The molecule has 4 nitrogen and oxygen atoms in total. The monoisotopic (exact) mass is 344 g/mol. The first-order valence-electron chi connectivity index (χ1n) is 9.87. The van der Waals surface area contributed by atoms with Gasteiger partial charge in [0.1, 0.15) is 0 Å². The van der Waals surface area contributed by atoms with E-state index < -0.39 is 0 Å². The summed E-state index contributed by atoms with van der Waals surface area (Å²) in [5.74, 6) is 0.469. The van der Waals surface area contributed by atoms with E-state index in [9.17, 15) is 4.79 Å². The zero-order valence-electron chi connectivity index (χ0n) is 15.4. The topological polar surface area (TPSA) is 50.4 Å². The SMILES string of the molecule is C[C@@H](NC1(CNC(=O)C2CCCCC2)CCOCC1)c1ccccc1. The second-order valence-corrected chi connectivity index (χ2v) is 7.72. The number of carbonyl (C=O) groups is 1. The number of hydrogen-bond donors (Lipinski definition) is 2. The second kappa shape index (κ2) is 8.81. The number of rotatable bonds is 6. The van der Waals surface area contributed by atoms with E-state index in [1.807, 2.05) is 6.07 Å². The van der Waals surface area contributed by atoms with Crippen LogP contribution in [0, 0.1) is 5.92 Å². The van der Waals surface area contributed by atoms with Gasteiger partial charge in [0.25, 0.3) is 0 Å². The Kier molecular flexibility index (Phi) is 6.49. The summed E-state index contributed by atoms with van der Waals surface area (Å²) in [5.41, 5.74) is 1.21. The van der Waals surface area contributed by atoms with Crippen LogP contribution in [0.1, 0.15) is 63.5 Å². The molecular weight excluding hydrogens is 312 g/mol. The maximum atomic E-state index is 12.6. The first-order valence-corrected chi connectivity index (χ1v) is 9.87. The molecule has 0 aromatic heterocycles. The van der Waals surface area contributed by atoms with Gasteiger partial charge in [0.05, 0.1) is 0 Å². The maximum Gasteiger partial charge on any atom is 0.223 e. The highest BCUT2D eigenvalue weighted by molar-refractivity contribution is 5.78. The van der Waals surface area contributed by atoms with E-state index in [4.69, 9.17) is 4.74 Å². The van der Waals surface area contributed by atoms with Gasteiger partial charge in [0.2, 0.25) is 5.91 Å². The van der Waals surface area contributed by atoms with Crippen molar-refractivity contribution in [3.8, 4) is 0 Å². The van der Waals surface area contributed by atoms with Crippen molar-refractivity contribution in [2.45, 2.75) is 63.5 Å². The van der Waals surface area contributed by atoms with Crippen LogP contribution >= 0.6 is 0 Å². The second-order valence-electron chi connectivity index (χ2n) is 7.72. The van der Waals surface area contributed by atoms with Crippen LogP contribution in [0.15, 0.2) is 30.3 Å². The highest BCUT2D eigenvalue weighted by Crippen LogP contribution is 2.27. The Morgan fingerprint density at radius 3 is 2.52 bits per heavy atom. The van der Waals surface area contributed by atoms with E-state index >= 15 is 0 Å². The predicted octanol–water partition coefficient (Wildman–Crippen LogP) is 3.58. The van der Waals surface area contributed by atoms with Crippen LogP contribution in [0.25, 0.3) is 0 Å². The molecule has 1 aromatic carbocycles. The molecule has 25 heavy (non-hydrogen) atoms. The third-order valence-electron chi connectivity index (χ3n) is 5.85. The number of ether oxygens (including phenoxy) is 1. The summed E-state index contributed by atoms with van der Waals surface area (Å²) in [5, 5.41) is 7.07. The molecule has 2 N–H and O–H groups in total. The Balaban J connectivity index is 1.61. The molecule has 2 aliphatic rings. The van der Waals surface area contributed by atoms with Gasteiger partial charge in [-0.05, 0) is 38.2 Å². The minimum Gasteiger partial charge on any atom is -0.381 e. The molecule has 1 saturated carbocycles. The number of carbonyl (C=O) groups excluding carboxylic acids is 1. The summed E-state index contributed by atoms with van der Waals surface area (Å²) < 4.78 is 5.58. The van der Waals surface area contributed by atoms with Gasteiger partial charge in [0.15, 0.2) is 0 Å². The molecule has 1 heterocycles. The standard InChI is InChI=1S/C21H32N2O2/c1-17(18-8-4-2-5-9-18)23-21(12-14-25-15-13-21)16-22-20(24)19-10-6-3-7-11-19/h2,4-5,8-9,17,19,23H,3,6-7,10-16H2,1H3,(H,22,24)/t17-/m1/s1. The van der Waals surface area contributed by atoms with Crippen LogP contribution in [0.2, 0.25) is 0 Å². The van der Waals surface area contributed by atoms with Crippen molar-refractivity contribution >= 4 is 5.91 Å². The Morgan fingerprint density at radius 2 is 1.84 bits per heavy atom. The van der Waals surface area contributed by atoms with E-state index in [0.29, 0.717) is 6.54 Å². The van der Waals surface area contributed by atoms with Crippen molar-refractivity contribution in [3.63, 3.8) is 0 Å². The van der Waals surface area contributed by atoms with E-state index in [0.717, 1.165) is 38.9 Å². The van der Waals surface area contributed by atoms with Gasteiger partial charge >= 0.3 is 0 Å². The predicted molar refractivity (Wildman–Crippen MR) is 100 cm³/mol. The average Bonchev–Trinajstić information content (AvgIpc) is 2.68. The van der Waals surface area contributed by atoms with Crippen molar-refractivity contribution in [2.75, 3.05) is 19.8 Å². The minimum absolute atomic E-state index is 0.0716. The van der Waals surface area contributed by atoms with Crippen LogP contribution in [0.4, 0.5) is 0 Å². The first-order chi connectivity index (χ1) is 12.2. The molecule has 0 radical (unpaired) electrons. The third-order valence-corrected chi connectivity index (χ3v) is 5.85. The van der Waals surface area contributed by atoms with Gasteiger partial charge in [-0.3, -0.25) is 4.79 Å². The number of benzene rings is 1. The largest absolute Gasteiger partial charge is 0.381 e. The van der Waals surface area contributed by atoms with Gasteiger partial charge in [-0.25, -0.2) is 0 Å². The molecule has 1 aliphatic heterocycles. The number of nitrogens with one attached hydrogen (secondary N) is 2. The lowest BCUT2D eigenvalue weighted by Crippen LogP contribution is -2.57. The fourth-order valence-electron chi connectivity index (χ4n) is 4.18. The van der Waals surface area contributed by atoms with Crippen LogP contribution < -0.4 is 10.6 Å². The van der Waals surface area contributed by atoms with E-state index in [-0.39, 0.29) is 23.4 Å². The van der Waals surface area contributed by atoms with E-state index in [2.05, 4.69) is 41.8 Å². The molecule has 3 rings (SSSR count). The van der Waals surface area contributed by atoms with E-state index in [1.54, 1.807) is 0 Å². The summed E-state index contributed by atoms with van der Waals surface area (Å²) in [6.07, 6.45) is 7.65. The van der Waals surface area contributed by atoms with Crippen molar-refractivity contribution in [2.24, 2.45) is 5.92 Å². The molecule has 1 atom stereocenters. The quantitative estimate of drug-likeness (QED) is 0.829. The molecule has 0 unspecified atom stereocenters. The Hall–Kier alpha value is -1.39. The Labute approximate surface area is 151 Å². The summed E-state index contributed by atoms with van der Waals surface area (Å²) in [6, 6.07) is 10.8. The highest BCUT2D eigenvalue weighted by atomic mass is 16.5. The molecule has 1 aromatic rings. The normalized spacial score (nSPS) is 22.3. The third kappa shape index (κ3) is 5.05. The smallest absolute Gasteiger partial charge is 0.223 e. The van der Waals surface area contributed by atoms with Crippen LogP contribution in [-0.4, -0.2) is 31.2 Å². The lowest BCUT2D eigenvalue weighted by molar-refractivity contribution is -0.126. The lowest BCUT2D eigenvalue weighted by Gasteiger charge is -2.41. The van der Waals surface area contributed by atoms with Crippen LogP contribution in [0.3, 0.4) is 0 Å². The van der Waals surface area contributed by atoms with Gasteiger partial charge < -0.3 is 15.4 Å². The summed E-state index contributed by atoms with van der Waals surface area (Å²) >= 11 is 0. The van der Waals surface area contributed by atoms with Gasteiger partial charge in [0, 0.05) is 37.3 Å². The minimum atomic E-state index is -0.0716. The average molecular weight is 344 g/mol. The first kappa shape index (κ1) is 18.4. The molecule has 1 aliphatic carbocycles. The molecule has 138 valence electrons. The molecular formula is C21H32N2O2. The summed E-state index contributed by atoms with van der Waals surface area (Å²) in [4.78, 5) is 12.6. The van der Waals surface area contributed by atoms with E-state index in [1.165, 1.54) is 24.8 Å². The van der Waals surface area contributed by atoms with Crippen molar-refractivity contribution in [3.05, 3.63) is 35.9 Å². The molecule has 0 spiro atoms. The lowest BCUT2D eigenvalue weighted by atomic mass is 9.86. The Morgan fingerprint density at radius 1 is 1.16 bits per heavy atom. The number of amides is 1. The van der Waals surface area contributed by atoms with Crippen LogP contribution in [-0.2, 0) is 9.53 Å². The zero-order valence-corrected chi connectivity index (χ0v) is 15.4. The van der Waals surface area contributed by atoms with Crippen molar-refractivity contribution < 1.29 is 9.53 Å². The maximum absolute atomic E-state index is 12.6. The highest BCUT2D eigenvalue weighted by Gasteiger charge is 2.35. The summed E-state index contributed by atoms with van der Waals surface area (Å²) in [6.45, 7) is 4.42. The molecule has 0 bridgehead atoms. The van der Waals surface area contributed by atoms with Crippen LogP contribution in [0.5, 0.6) is 0 Å². The Bertz CT molecular complexity index is 534. The fraction of sp³-hybridized carbons (Fsp3) is 0.667. The molecule has 1 saturated heterocycles. The zero-order chi connectivity index (χ0) is 17.5. The van der Waals surface area contributed by atoms with Gasteiger partial charge in [-0.2, -0.15) is 0 Å². The van der Waals surface area contributed by atoms with Gasteiger partial charge in [-0.1, -0.05) is 49.6 Å². The van der Waals surface area contributed by atoms with Gasteiger partial charge in [-0.15, -0.1) is 0 Å². The van der Waals surface area contributed by atoms with Crippen molar-refractivity contribution in [1.82, 2.24) is 10.6 Å². The fourth-order valence-corrected chi connectivity index (χ4v) is 4.18. The number of hydrogen-bond acceptors (Lipinski definition) is 3.